The maximum atomic E-state index is 13.7. The highest BCUT2D eigenvalue weighted by Gasteiger charge is 2.51. The number of hydrogen-bond donors (Lipinski definition) is 1. The van der Waals surface area contributed by atoms with E-state index in [1.165, 1.54) is 18.2 Å². The molecule has 2 aliphatic heterocycles. The Morgan fingerprint density at radius 2 is 1.74 bits per heavy atom. The third-order valence-electron chi connectivity index (χ3n) is 7.71. The molecule has 2 fully saturated rings. The van der Waals surface area contributed by atoms with Gasteiger partial charge in [-0.2, -0.15) is 13.2 Å². The van der Waals surface area contributed by atoms with Crippen LogP contribution in [0.5, 0.6) is 5.88 Å². The molecule has 2 saturated heterocycles. The van der Waals surface area contributed by atoms with Crippen LogP contribution in [0.25, 0.3) is 11.1 Å². The zero-order chi connectivity index (χ0) is 30.6. The van der Waals surface area contributed by atoms with E-state index in [4.69, 9.17) is 9.47 Å². The summed E-state index contributed by atoms with van der Waals surface area (Å²) < 4.78 is 65.8. The molecule has 2 aliphatic rings. The minimum atomic E-state index is -4.98. The molecule has 2 aromatic heterocycles. The van der Waals surface area contributed by atoms with E-state index >= 15 is 0 Å². The number of amides is 1. The highest BCUT2D eigenvalue weighted by atomic mass is 19.4. The SMILES string of the molecule is COc1ncc(C(C)(O)C(F)(F)F)cc1-c1cnc(N2CC(F)C2)nc1CN1C(=O)O[C@H](c2cc(C)cc(C)c2)[C@@H]1C. The average Bonchev–Trinajstić information content (AvgIpc) is 3.18. The third kappa shape index (κ3) is 5.33. The van der Waals surface area contributed by atoms with Crippen molar-refractivity contribution in [3.05, 3.63) is 64.6 Å². The minimum Gasteiger partial charge on any atom is -0.481 e. The van der Waals surface area contributed by atoms with Crippen LogP contribution in [0, 0.1) is 13.8 Å². The molecule has 0 spiro atoms. The first-order valence-electron chi connectivity index (χ1n) is 13.3. The van der Waals surface area contributed by atoms with E-state index in [1.54, 1.807) is 4.90 Å². The molecule has 1 amide bonds. The normalized spacial score (nSPS) is 20.8. The summed E-state index contributed by atoms with van der Waals surface area (Å²) in [5.74, 6) is 0.173. The lowest BCUT2D eigenvalue weighted by Gasteiger charge is -2.34. The van der Waals surface area contributed by atoms with Crippen LogP contribution >= 0.6 is 0 Å². The van der Waals surface area contributed by atoms with Gasteiger partial charge in [-0.1, -0.05) is 29.3 Å². The Morgan fingerprint density at radius 1 is 1.07 bits per heavy atom. The fourth-order valence-corrected chi connectivity index (χ4v) is 5.23. The van der Waals surface area contributed by atoms with Gasteiger partial charge in [0.05, 0.1) is 38.5 Å². The predicted octanol–water partition coefficient (Wildman–Crippen LogP) is 5.17. The molecule has 0 bridgehead atoms. The number of carbonyl (C=O) groups is 1. The molecule has 13 heteroatoms. The van der Waals surface area contributed by atoms with Crippen LogP contribution in [-0.4, -0.2) is 69.6 Å². The van der Waals surface area contributed by atoms with Gasteiger partial charge in [-0.05, 0) is 39.3 Å². The van der Waals surface area contributed by atoms with Crippen LogP contribution in [0.15, 0.2) is 36.7 Å². The summed E-state index contributed by atoms with van der Waals surface area (Å²) in [5.41, 5.74) is -0.281. The number of halogens is 4. The van der Waals surface area contributed by atoms with Gasteiger partial charge < -0.3 is 19.5 Å². The van der Waals surface area contributed by atoms with Crippen LogP contribution in [-0.2, 0) is 16.9 Å². The monoisotopic (exact) mass is 589 g/mol. The lowest BCUT2D eigenvalue weighted by molar-refractivity contribution is -0.259. The predicted molar refractivity (Wildman–Crippen MR) is 145 cm³/mol. The Kier molecular flexibility index (Phi) is 7.50. The molecule has 9 nitrogen and oxygen atoms in total. The largest absolute Gasteiger partial charge is 0.481 e. The Hall–Kier alpha value is -4.00. The van der Waals surface area contributed by atoms with Crippen LogP contribution in [0.4, 0.5) is 28.3 Å². The van der Waals surface area contributed by atoms with Crippen molar-refractivity contribution in [3.63, 3.8) is 0 Å². The van der Waals surface area contributed by atoms with Crippen molar-refractivity contribution in [2.24, 2.45) is 0 Å². The standard InChI is InChI=1S/C29H31F4N5O4/c1-15-6-16(2)8-18(7-15)24-17(3)38(27(39)42-24)14-23-22(11-35-26(36-23)37-12-20(30)13-37)21-9-19(10-34-25(21)41-5)28(4,40)29(31,32)33/h6-11,17,20,24,40H,12-14H2,1-5H3/t17-,24-,28?/m0/s1. The Bertz CT molecular complexity index is 1490. The molecule has 1 unspecified atom stereocenters. The maximum absolute atomic E-state index is 13.7. The number of aliphatic hydroxyl groups is 1. The number of aromatic nitrogens is 3. The van der Waals surface area contributed by atoms with E-state index in [1.807, 2.05) is 39.0 Å². The summed E-state index contributed by atoms with van der Waals surface area (Å²) in [5, 5.41) is 10.3. The lowest BCUT2D eigenvalue weighted by atomic mass is 9.94. The molecular weight excluding hydrogens is 558 g/mol. The van der Waals surface area contributed by atoms with E-state index in [9.17, 15) is 27.5 Å². The second-order valence-corrected chi connectivity index (χ2v) is 11.0. The molecule has 5 rings (SSSR count). The topological polar surface area (TPSA) is 101 Å². The molecule has 4 heterocycles. The number of anilines is 1. The zero-order valence-electron chi connectivity index (χ0n) is 23.7. The number of benzene rings is 1. The van der Waals surface area contributed by atoms with E-state index in [2.05, 4.69) is 15.0 Å². The number of nitrogens with zero attached hydrogens (tertiary/aromatic N) is 5. The molecule has 3 atom stereocenters. The van der Waals surface area contributed by atoms with E-state index < -0.39 is 41.8 Å². The minimum absolute atomic E-state index is 0.0349. The maximum Gasteiger partial charge on any atom is 0.421 e. The first kappa shape index (κ1) is 29.5. The highest BCUT2D eigenvalue weighted by Crippen LogP contribution is 2.42. The van der Waals surface area contributed by atoms with Crippen LogP contribution < -0.4 is 9.64 Å². The van der Waals surface area contributed by atoms with E-state index in [-0.39, 0.29) is 48.3 Å². The van der Waals surface area contributed by atoms with Crippen molar-refractivity contribution in [2.75, 3.05) is 25.1 Å². The third-order valence-corrected chi connectivity index (χ3v) is 7.71. The summed E-state index contributed by atoms with van der Waals surface area (Å²) in [6.07, 6.45) is -4.91. The number of methoxy groups -OCH3 is 1. The molecule has 0 saturated carbocycles. The van der Waals surface area contributed by atoms with E-state index in [0.717, 1.165) is 29.0 Å². The fraction of sp³-hybridized carbons (Fsp3) is 0.448. The summed E-state index contributed by atoms with van der Waals surface area (Å²) in [4.78, 5) is 29.2. The number of alkyl halides is 4. The molecule has 224 valence electrons. The highest BCUT2D eigenvalue weighted by molar-refractivity contribution is 5.74. The van der Waals surface area contributed by atoms with E-state index in [0.29, 0.717) is 6.92 Å². The molecule has 1 N–H and O–H groups in total. The van der Waals surface area contributed by atoms with Gasteiger partial charge in [-0.15, -0.1) is 0 Å². The number of pyridine rings is 1. The number of aryl methyl sites for hydroxylation is 2. The molecule has 3 aromatic rings. The molecule has 0 radical (unpaired) electrons. The number of carbonyl (C=O) groups excluding carboxylic acids is 1. The van der Waals surface area contributed by atoms with Gasteiger partial charge in [0.2, 0.25) is 11.8 Å². The Morgan fingerprint density at radius 3 is 2.33 bits per heavy atom. The second kappa shape index (κ2) is 10.7. The van der Waals surface area contributed by atoms with Crippen molar-refractivity contribution < 1.29 is 36.9 Å². The quantitative estimate of drug-likeness (QED) is 0.377. The van der Waals surface area contributed by atoms with Crippen molar-refractivity contribution in [1.82, 2.24) is 19.9 Å². The van der Waals surface area contributed by atoms with Crippen LogP contribution in [0.3, 0.4) is 0 Å². The Labute approximate surface area is 240 Å². The average molecular weight is 590 g/mol. The van der Waals surface area contributed by atoms with Gasteiger partial charge in [0, 0.05) is 29.1 Å². The smallest absolute Gasteiger partial charge is 0.421 e. The van der Waals surface area contributed by atoms with Crippen molar-refractivity contribution in [3.8, 4) is 17.0 Å². The van der Waals surface area contributed by atoms with Gasteiger partial charge in [0.1, 0.15) is 12.3 Å². The summed E-state index contributed by atoms with van der Waals surface area (Å²) in [6.45, 7) is 6.45. The van der Waals surface area contributed by atoms with Gasteiger partial charge in [0.15, 0.2) is 5.60 Å². The van der Waals surface area contributed by atoms with Gasteiger partial charge in [-0.25, -0.2) is 24.1 Å². The first-order chi connectivity index (χ1) is 19.7. The van der Waals surface area contributed by atoms with Crippen molar-refractivity contribution in [1.29, 1.82) is 0 Å². The summed E-state index contributed by atoms with van der Waals surface area (Å²) in [7, 11) is 1.30. The second-order valence-electron chi connectivity index (χ2n) is 11.0. The van der Waals surface area contributed by atoms with Gasteiger partial charge in [-0.3, -0.25) is 4.90 Å². The fourth-order valence-electron chi connectivity index (χ4n) is 5.23. The number of rotatable bonds is 7. The molecule has 0 aliphatic carbocycles. The van der Waals surface area contributed by atoms with Crippen LogP contribution in [0.1, 0.15) is 47.9 Å². The first-order valence-corrected chi connectivity index (χ1v) is 13.3. The molecule has 42 heavy (non-hydrogen) atoms. The summed E-state index contributed by atoms with van der Waals surface area (Å²) in [6, 6.07) is 6.60. The van der Waals surface area contributed by atoms with Crippen molar-refractivity contribution >= 4 is 12.0 Å². The summed E-state index contributed by atoms with van der Waals surface area (Å²) >= 11 is 0. The molecule has 1 aromatic carbocycles. The van der Waals surface area contributed by atoms with Crippen molar-refractivity contribution in [2.45, 2.75) is 64.3 Å². The molecular formula is C29H31F4N5O4. The van der Waals surface area contributed by atoms with Gasteiger partial charge >= 0.3 is 12.3 Å². The number of hydrogen-bond acceptors (Lipinski definition) is 8. The lowest BCUT2D eigenvalue weighted by Crippen LogP contribution is -2.49. The number of cyclic esters (lactones) is 1. The zero-order valence-corrected chi connectivity index (χ0v) is 23.7. The van der Waals surface area contributed by atoms with Gasteiger partial charge in [0.25, 0.3) is 0 Å². The number of ether oxygens (including phenoxy) is 2. The Balaban J connectivity index is 1.57. The van der Waals surface area contributed by atoms with Crippen LogP contribution in [0.2, 0.25) is 0 Å².